The van der Waals surface area contributed by atoms with Crippen LogP contribution in [0.3, 0.4) is 0 Å². The lowest BCUT2D eigenvalue weighted by molar-refractivity contribution is 0.0944. The molecular weight excluding hydrogens is 169 g/mol. The second-order valence-corrected chi connectivity index (χ2v) is 3.65. The number of nitrogens with one attached hydrogen (secondary N) is 1. The minimum atomic E-state index is -0.831. The largest absolute Gasteiger partial charge is 0.389 e. The molecule has 0 fully saturated rings. The van der Waals surface area contributed by atoms with Gasteiger partial charge in [-0.15, -0.1) is 0 Å². The maximum atomic E-state index is 13.0. The lowest BCUT2D eigenvalue weighted by atomic mass is 10.1. The summed E-state index contributed by atoms with van der Waals surface area (Å²) in [5.74, 6) is -0.299. The van der Waals surface area contributed by atoms with Gasteiger partial charge in [0.25, 0.3) is 0 Å². The molecule has 1 aromatic rings. The van der Waals surface area contributed by atoms with Gasteiger partial charge in [-0.05, 0) is 26.0 Å². The molecule has 0 saturated heterocycles. The Kier molecular flexibility index (Phi) is 2.88. The Bertz CT molecular complexity index is 280. The molecule has 0 saturated carbocycles. The van der Waals surface area contributed by atoms with Crippen molar-refractivity contribution in [3.05, 3.63) is 30.1 Å². The molecule has 0 aromatic heterocycles. The first-order valence-electron chi connectivity index (χ1n) is 4.20. The molecule has 0 aliphatic rings. The summed E-state index contributed by atoms with van der Waals surface area (Å²) in [5.41, 5.74) is -0.410. The van der Waals surface area contributed by atoms with Gasteiger partial charge in [0.15, 0.2) is 0 Å². The Morgan fingerprint density at radius 3 is 2.54 bits per heavy atom. The molecule has 72 valence electrons. The fraction of sp³-hybridized carbons (Fsp3) is 0.400. The minimum absolute atomic E-state index is 0.299. The Morgan fingerprint density at radius 2 is 2.00 bits per heavy atom. The van der Waals surface area contributed by atoms with Crippen molar-refractivity contribution in [1.82, 2.24) is 0 Å². The van der Waals surface area contributed by atoms with Gasteiger partial charge in [-0.2, -0.15) is 0 Å². The highest BCUT2D eigenvalue weighted by Gasteiger charge is 2.12. The SMILES string of the molecule is CC(C)(O)CNc1ccccc1F. The summed E-state index contributed by atoms with van der Waals surface area (Å²) < 4.78 is 13.0. The van der Waals surface area contributed by atoms with Crippen LogP contribution < -0.4 is 5.32 Å². The van der Waals surface area contributed by atoms with E-state index in [9.17, 15) is 9.50 Å². The van der Waals surface area contributed by atoms with Gasteiger partial charge in [0.2, 0.25) is 0 Å². The Morgan fingerprint density at radius 1 is 1.38 bits per heavy atom. The molecule has 1 aromatic carbocycles. The Hall–Kier alpha value is -1.09. The molecule has 2 nitrogen and oxygen atoms in total. The zero-order chi connectivity index (χ0) is 9.90. The number of rotatable bonds is 3. The third kappa shape index (κ3) is 3.42. The first kappa shape index (κ1) is 9.99. The van der Waals surface area contributed by atoms with Crippen LogP contribution in [0.25, 0.3) is 0 Å². The van der Waals surface area contributed by atoms with Crippen molar-refractivity contribution in [3.63, 3.8) is 0 Å². The maximum absolute atomic E-state index is 13.0. The maximum Gasteiger partial charge on any atom is 0.146 e. The first-order valence-corrected chi connectivity index (χ1v) is 4.20. The van der Waals surface area contributed by atoms with Crippen molar-refractivity contribution >= 4 is 5.69 Å². The Balaban J connectivity index is 2.60. The summed E-state index contributed by atoms with van der Waals surface area (Å²) in [7, 11) is 0. The van der Waals surface area contributed by atoms with Crippen LogP contribution in [-0.4, -0.2) is 17.3 Å². The van der Waals surface area contributed by atoms with Crippen molar-refractivity contribution in [1.29, 1.82) is 0 Å². The van der Waals surface area contributed by atoms with Gasteiger partial charge in [0.1, 0.15) is 5.82 Å². The predicted molar refractivity (Wildman–Crippen MR) is 51.2 cm³/mol. The van der Waals surface area contributed by atoms with E-state index in [4.69, 9.17) is 0 Å². The molecule has 13 heavy (non-hydrogen) atoms. The topological polar surface area (TPSA) is 32.3 Å². The van der Waals surface area contributed by atoms with E-state index in [1.165, 1.54) is 6.07 Å². The van der Waals surface area contributed by atoms with Crippen molar-refractivity contribution in [2.45, 2.75) is 19.4 Å². The fourth-order valence-electron chi connectivity index (χ4n) is 0.916. The average molecular weight is 183 g/mol. The van der Waals surface area contributed by atoms with Gasteiger partial charge in [0, 0.05) is 6.54 Å². The number of hydrogen-bond donors (Lipinski definition) is 2. The molecule has 0 atom stereocenters. The van der Waals surface area contributed by atoms with Crippen LogP contribution in [0.15, 0.2) is 24.3 Å². The zero-order valence-electron chi connectivity index (χ0n) is 7.84. The summed E-state index contributed by atoms with van der Waals surface area (Å²) >= 11 is 0. The van der Waals surface area contributed by atoms with Gasteiger partial charge < -0.3 is 10.4 Å². The monoisotopic (exact) mass is 183 g/mol. The average Bonchev–Trinajstić information content (AvgIpc) is 2.01. The van der Waals surface area contributed by atoms with Crippen molar-refractivity contribution in [2.24, 2.45) is 0 Å². The molecule has 0 aliphatic carbocycles. The van der Waals surface area contributed by atoms with Crippen LogP contribution >= 0.6 is 0 Å². The van der Waals surface area contributed by atoms with E-state index >= 15 is 0 Å². The highest BCUT2D eigenvalue weighted by Crippen LogP contribution is 2.13. The van der Waals surface area contributed by atoms with E-state index in [2.05, 4.69) is 5.32 Å². The van der Waals surface area contributed by atoms with Gasteiger partial charge in [-0.25, -0.2) is 4.39 Å². The standard InChI is InChI=1S/C10H14FNO/c1-10(2,13)7-12-9-6-4-3-5-8(9)11/h3-6,12-13H,7H2,1-2H3. The summed E-state index contributed by atoms with van der Waals surface area (Å²) in [6.45, 7) is 3.66. The molecule has 1 rings (SSSR count). The number of aliphatic hydroxyl groups is 1. The third-order valence-electron chi connectivity index (χ3n) is 1.59. The summed E-state index contributed by atoms with van der Waals surface area (Å²) in [6.07, 6.45) is 0. The highest BCUT2D eigenvalue weighted by atomic mass is 19.1. The third-order valence-corrected chi connectivity index (χ3v) is 1.59. The predicted octanol–water partition coefficient (Wildman–Crippen LogP) is 2.01. The molecule has 3 heteroatoms. The van der Waals surface area contributed by atoms with Gasteiger partial charge in [-0.3, -0.25) is 0 Å². The van der Waals surface area contributed by atoms with Crippen LogP contribution in [0.4, 0.5) is 10.1 Å². The molecule has 2 N–H and O–H groups in total. The van der Waals surface area contributed by atoms with Gasteiger partial charge in [-0.1, -0.05) is 12.1 Å². The second kappa shape index (κ2) is 3.75. The molecule has 0 bridgehead atoms. The minimum Gasteiger partial charge on any atom is -0.389 e. The van der Waals surface area contributed by atoms with Crippen molar-refractivity contribution in [3.8, 4) is 0 Å². The van der Waals surface area contributed by atoms with Crippen LogP contribution in [-0.2, 0) is 0 Å². The first-order chi connectivity index (χ1) is 5.99. The highest BCUT2D eigenvalue weighted by molar-refractivity contribution is 5.44. The fourth-order valence-corrected chi connectivity index (χ4v) is 0.916. The lowest BCUT2D eigenvalue weighted by Gasteiger charge is -2.18. The van der Waals surface area contributed by atoms with E-state index in [1.807, 2.05) is 0 Å². The molecule has 0 amide bonds. The van der Waals surface area contributed by atoms with Crippen molar-refractivity contribution in [2.75, 3.05) is 11.9 Å². The smallest absolute Gasteiger partial charge is 0.146 e. The summed E-state index contributed by atoms with van der Waals surface area (Å²) in [5, 5.41) is 12.2. The normalized spacial score (nSPS) is 11.4. The van der Waals surface area contributed by atoms with E-state index < -0.39 is 5.60 Å². The molecule has 0 aliphatic heterocycles. The van der Waals surface area contributed by atoms with Crippen LogP contribution in [0.1, 0.15) is 13.8 Å². The van der Waals surface area contributed by atoms with E-state index in [-0.39, 0.29) is 5.82 Å². The Labute approximate surface area is 77.4 Å². The second-order valence-electron chi connectivity index (χ2n) is 3.65. The number of hydrogen-bond acceptors (Lipinski definition) is 2. The molecular formula is C10H14FNO. The molecule has 0 unspecified atom stereocenters. The molecule has 0 spiro atoms. The van der Waals surface area contributed by atoms with E-state index in [0.29, 0.717) is 12.2 Å². The quantitative estimate of drug-likeness (QED) is 0.751. The van der Waals surface area contributed by atoms with Crippen LogP contribution in [0.2, 0.25) is 0 Å². The lowest BCUT2D eigenvalue weighted by Crippen LogP contribution is -2.29. The number of benzene rings is 1. The molecule has 0 radical (unpaired) electrons. The zero-order valence-corrected chi connectivity index (χ0v) is 7.84. The van der Waals surface area contributed by atoms with E-state index in [0.717, 1.165) is 0 Å². The van der Waals surface area contributed by atoms with Crippen LogP contribution in [0.5, 0.6) is 0 Å². The van der Waals surface area contributed by atoms with Gasteiger partial charge in [0.05, 0.1) is 11.3 Å². The number of halogens is 1. The number of anilines is 1. The molecule has 0 heterocycles. The van der Waals surface area contributed by atoms with Crippen LogP contribution in [0, 0.1) is 5.82 Å². The van der Waals surface area contributed by atoms with Crippen molar-refractivity contribution < 1.29 is 9.50 Å². The van der Waals surface area contributed by atoms with E-state index in [1.54, 1.807) is 32.0 Å². The summed E-state index contributed by atoms with van der Waals surface area (Å²) in [4.78, 5) is 0. The summed E-state index contributed by atoms with van der Waals surface area (Å²) in [6, 6.07) is 6.40. The van der Waals surface area contributed by atoms with Gasteiger partial charge >= 0.3 is 0 Å². The number of para-hydroxylation sites is 1.